The molecule has 1 atom stereocenters. The molecule has 0 aliphatic carbocycles. The molecule has 11 heteroatoms. The average molecular weight is 395 g/mol. The van der Waals surface area contributed by atoms with E-state index in [1.807, 2.05) is 0 Å². The molecule has 0 radical (unpaired) electrons. The van der Waals surface area contributed by atoms with Gasteiger partial charge in [0.25, 0.3) is 11.8 Å². The molecule has 0 spiro atoms. The zero-order chi connectivity index (χ0) is 20.5. The first-order valence-corrected chi connectivity index (χ1v) is 7.91. The van der Waals surface area contributed by atoms with E-state index in [1.165, 1.54) is 32.4 Å². The lowest BCUT2D eigenvalue weighted by Gasteiger charge is -2.19. The number of methoxy groups -OCH3 is 1. The Morgan fingerprint density at radius 3 is 2.64 bits per heavy atom. The first-order chi connectivity index (χ1) is 13.3. The second-order valence-electron chi connectivity index (χ2n) is 5.86. The smallest absolute Gasteiger partial charge is 0.387 e. The van der Waals surface area contributed by atoms with Crippen LogP contribution in [0.15, 0.2) is 41.0 Å². The molecule has 1 aromatic heterocycles. The molecule has 2 N–H and O–H groups in total. The van der Waals surface area contributed by atoms with Crippen molar-refractivity contribution in [2.45, 2.75) is 19.1 Å². The second-order valence-corrected chi connectivity index (χ2v) is 5.86. The summed E-state index contributed by atoms with van der Waals surface area (Å²) in [5.41, 5.74) is 0.634. The molecular formula is C17H15F2N3O6. The number of hydrogen-bond acceptors (Lipinski definition) is 6. The number of rotatable bonds is 6. The SMILES string of the molecule is COc1cc(C(=O)NN2C(=O)N[C@@](C)(c3ccco3)C2=O)ccc1OC(F)F. The Morgan fingerprint density at radius 2 is 2.04 bits per heavy atom. The van der Waals surface area contributed by atoms with Gasteiger partial charge in [-0.05, 0) is 37.3 Å². The van der Waals surface area contributed by atoms with E-state index in [4.69, 9.17) is 9.15 Å². The molecule has 2 heterocycles. The predicted molar refractivity (Wildman–Crippen MR) is 88.5 cm³/mol. The maximum absolute atomic E-state index is 12.6. The number of carbonyl (C=O) groups is 3. The van der Waals surface area contributed by atoms with Gasteiger partial charge in [0, 0.05) is 5.56 Å². The van der Waals surface area contributed by atoms with Gasteiger partial charge >= 0.3 is 12.6 Å². The van der Waals surface area contributed by atoms with Crippen molar-refractivity contribution in [1.82, 2.24) is 15.8 Å². The van der Waals surface area contributed by atoms with Gasteiger partial charge in [0.2, 0.25) is 0 Å². The summed E-state index contributed by atoms with van der Waals surface area (Å²) < 4.78 is 39.2. The summed E-state index contributed by atoms with van der Waals surface area (Å²) >= 11 is 0. The van der Waals surface area contributed by atoms with E-state index in [9.17, 15) is 23.2 Å². The molecule has 28 heavy (non-hydrogen) atoms. The quantitative estimate of drug-likeness (QED) is 0.724. The Balaban J connectivity index is 1.79. The zero-order valence-corrected chi connectivity index (χ0v) is 14.7. The molecule has 9 nitrogen and oxygen atoms in total. The maximum Gasteiger partial charge on any atom is 0.387 e. The Hall–Kier alpha value is -3.63. The van der Waals surface area contributed by atoms with Crippen LogP contribution in [0.4, 0.5) is 13.6 Å². The van der Waals surface area contributed by atoms with Crippen LogP contribution in [0.3, 0.4) is 0 Å². The molecule has 1 aromatic carbocycles. The number of hydrazine groups is 1. The largest absolute Gasteiger partial charge is 0.493 e. The van der Waals surface area contributed by atoms with Crippen LogP contribution in [-0.2, 0) is 10.3 Å². The number of benzene rings is 1. The minimum atomic E-state index is -3.07. The average Bonchev–Trinajstić information content (AvgIpc) is 3.26. The van der Waals surface area contributed by atoms with Gasteiger partial charge in [-0.25, -0.2) is 4.79 Å². The fourth-order valence-electron chi connectivity index (χ4n) is 2.64. The number of nitrogens with one attached hydrogen (secondary N) is 2. The Kier molecular flexibility index (Phi) is 4.91. The number of urea groups is 1. The minimum Gasteiger partial charge on any atom is -0.493 e. The number of amides is 4. The van der Waals surface area contributed by atoms with Gasteiger partial charge in [-0.15, -0.1) is 0 Å². The highest BCUT2D eigenvalue weighted by atomic mass is 19.3. The fraction of sp³-hybridized carbons (Fsp3) is 0.235. The lowest BCUT2D eigenvalue weighted by Crippen LogP contribution is -2.47. The van der Waals surface area contributed by atoms with Crippen LogP contribution in [0.25, 0.3) is 0 Å². The third-order valence-electron chi connectivity index (χ3n) is 4.06. The Morgan fingerprint density at radius 1 is 1.29 bits per heavy atom. The van der Waals surface area contributed by atoms with E-state index < -0.39 is 30.0 Å². The van der Waals surface area contributed by atoms with Crippen molar-refractivity contribution in [2.75, 3.05) is 7.11 Å². The number of imide groups is 1. The number of nitrogens with zero attached hydrogens (tertiary/aromatic N) is 1. The maximum atomic E-state index is 12.6. The van der Waals surface area contributed by atoms with Crippen molar-refractivity contribution in [1.29, 1.82) is 0 Å². The van der Waals surface area contributed by atoms with E-state index >= 15 is 0 Å². The van der Waals surface area contributed by atoms with Gasteiger partial charge in [0.05, 0.1) is 13.4 Å². The predicted octanol–water partition coefficient (Wildman–Crippen LogP) is 2.00. The van der Waals surface area contributed by atoms with Gasteiger partial charge in [0.15, 0.2) is 17.0 Å². The molecular weight excluding hydrogens is 380 g/mol. The number of hydrogen-bond donors (Lipinski definition) is 2. The molecule has 2 aromatic rings. The van der Waals surface area contributed by atoms with Gasteiger partial charge in [-0.2, -0.15) is 13.8 Å². The van der Waals surface area contributed by atoms with Gasteiger partial charge in [-0.3, -0.25) is 15.0 Å². The van der Waals surface area contributed by atoms with Crippen LogP contribution in [0.5, 0.6) is 11.5 Å². The van der Waals surface area contributed by atoms with E-state index in [2.05, 4.69) is 15.5 Å². The molecule has 148 valence electrons. The van der Waals surface area contributed by atoms with Crippen LogP contribution < -0.4 is 20.2 Å². The third-order valence-corrected chi connectivity index (χ3v) is 4.06. The van der Waals surface area contributed by atoms with Gasteiger partial charge in [-0.1, -0.05) is 0 Å². The third kappa shape index (κ3) is 3.33. The van der Waals surface area contributed by atoms with Crippen molar-refractivity contribution in [3.8, 4) is 11.5 Å². The fourth-order valence-corrected chi connectivity index (χ4v) is 2.64. The summed E-state index contributed by atoms with van der Waals surface area (Å²) in [5, 5.41) is 2.96. The zero-order valence-electron chi connectivity index (χ0n) is 14.7. The summed E-state index contributed by atoms with van der Waals surface area (Å²) in [6, 6.07) is 5.63. The molecule has 1 fully saturated rings. The van der Waals surface area contributed by atoms with Crippen LogP contribution in [-0.4, -0.2) is 36.6 Å². The van der Waals surface area contributed by atoms with Crippen LogP contribution in [0, 0.1) is 0 Å². The first kappa shape index (κ1) is 19.1. The van der Waals surface area contributed by atoms with Crippen molar-refractivity contribution in [3.05, 3.63) is 47.9 Å². The minimum absolute atomic E-state index is 0.0503. The van der Waals surface area contributed by atoms with Gasteiger partial charge in [0.1, 0.15) is 5.76 Å². The molecule has 1 aliphatic heterocycles. The van der Waals surface area contributed by atoms with Crippen molar-refractivity contribution < 1.29 is 37.1 Å². The molecule has 0 unspecified atom stereocenters. The first-order valence-electron chi connectivity index (χ1n) is 7.91. The topological polar surface area (TPSA) is 110 Å². The standard InChI is InChI=1S/C17H15F2N3O6/c1-17(12-4-3-7-27-12)14(24)22(16(25)20-17)21-13(23)9-5-6-10(28-15(18)19)11(8-9)26-2/h3-8,15H,1-2H3,(H,20,25)(H,21,23)/t17-/m0/s1. The summed E-state index contributed by atoms with van der Waals surface area (Å²) in [4.78, 5) is 37.2. The van der Waals surface area contributed by atoms with Crippen LogP contribution in [0.2, 0.25) is 0 Å². The monoisotopic (exact) mass is 395 g/mol. The van der Waals surface area contributed by atoms with Crippen molar-refractivity contribution >= 4 is 17.8 Å². The summed E-state index contributed by atoms with van der Waals surface area (Å²) in [6.45, 7) is -1.64. The summed E-state index contributed by atoms with van der Waals surface area (Å²) in [7, 11) is 1.21. The lowest BCUT2D eigenvalue weighted by molar-refractivity contribution is -0.133. The summed E-state index contributed by atoms with van der Waals surface area (Å²) in [6.07, 6.45) is 1.34. The van der Waals surface area contributed by atoms with E-state index in [0.717, 1.165) is 12.1 Å². The number of halogens is 2. The number of alkyl halides is 2. The van der Waals surface area contributed by atoms with Crippen LogP contribution in [0.1, 0.15) is 23.0 Å². The highest BCUT2D eigenvalue weighted by Gasteiger charge is 2.52. The number of carbonyl (C=O) groups excluding carboxylic acids is 3. The molecule has 3 rings (SSSR count). The molecule has 0 saturated carbocycles. The van der Waals surface area contributed by atoms with E-state index in [0.29, 0.717) is 5.01 Å². The highest BCUT2D eigenvalue weighted by molar-refractivity contribution is 6.09. The molecule has 1 aliphatic rings. The molecule has 4 amide bonds. The van der Waals surface area contributed by atoms with E-state index in [1.54, 1.807) is 6.07 Å². The normalized spacial score (nSPS) is 19.0. The number of ether oxygens (including phenoxy) is 2. The van der Waals surface area contributed by atoms with Crippen LogP contribution >= 0.6 is 0 Å². The van der Waals surface area contributed by atoms with E-state index in [-0.39, 0.29) is 22.8 Å². The highest BCUT2D eigenvalue weighted by Crippen LogP contribution is 2.30. The van der Waals surface area contributed by atoms with Crippen molar-refractivity contribution in [2.24, 2.45) is 0 Å². The Labute approximate surface area is 157 Å². The molecule has 0 bridgehead atoms. The van der Waals surface area contributed by atoms with Gasteiger partial charge < -0.3 is 19.2 Å². The second kappa shape index (κ2) is 7.18. The number of furan rings is 1. The summed E-state index contributed by atoms with van der Waals surface area (Å²) in [5.74, 6) is -1.79. The molecule has 1 saturated heterocycles. The lowest BCUT2D eigenvalue weighted by atomic mass is 10.00. The Bertz CT molecular complexity index is 918. The van der Waals surface area contributed by atoms with Crippen molar-refractivity contribution in [3.63, 3.8) is 0 Å².